The molecular weight excluding hydrogens is 390 g/mol. The highest BCUT2D eigenvalue weighted by Crippen LogP contribution is 2.35. The van der Waals surface area contributed by atoms with Gasteiger partial charge in [-0.05, 0) is 48.2 Å². The van der Waals surface area contributed by atoms with Crippen LogP contribution >= 0.6 is 0 Å². The molecule has 170 valence electrons. The lowest BCUT2D eigenvalue weighted by Gasteiger charge is -2.11. The Kier molecular flexibility index (Phi) is 10.1. The molecule has 4 N–H and O–H groups in total. The molecule has 0 spiro atoms. The van der Waals surface area contributed by atoms with Crippen LogP contribution in [0.2, 0.25) is 0 Å². The molecule has 0 aliphatic rings. The molecule has 0 aliphatic heterocycles. The molecule has 2 rings (SSSR count). The largest absolute Gasteiger partial charge is 0.494 e. The van der Waals surface area contributed by atoms with Gasteiger partial charge < -0.3 is 16.2 Å². The number of benzene rings is 2. The molecule has 0 amide bonds. The van der Waals surface area contributed by atoms with Crippen molar-refractivity contribution in [3.63, 3.8) is 0 Å². The molecule has 6 nitrogen and oxygen atoms in total. The van der Waals surface area contributed by atoms with Crippen LogP contribution in [0.5, 0.6) is 5.75 Å². The van der Waals surface area contributed by atoms with Gasteiger partial charge in [0.15, 0.2) is 0 Å². The van der Waals surface area contributed by atoms with E-state index in [4.69, 9.17) is 16.2 Å². The Hall–Kier alpha value is -2.76. The number of hydrogen-bond acceptors (Lipinski definition) is 5. The summed E-state index contributed by atoms with van der Waals surface area (Å²) < 4.78 is 5.96. The number of aryl methyl sites for hydroxylation is 1. The van der Waals surface area contributed by atoms with E-state index in [2.05, 4.69) is 6.92 Å². The minimum absolute atomic E-state index is 0.00108. The van der Waals surface area contributed by atoms with E-state index in [1.165, 1.54) is 63.9 Å². The van der Waals surface area contributed by atoms with Crippen molar-refractivity contribution in [3.8, 4) is 16.9 Å². The molecule has 2 aromatic carbocycles. The van der Waals surface area contributed by atoms with Gasteiger partial charge in [0.2, 0.25) is 0 Å². The predicted molar refractivity (Wildman–Crippen MR) is 129 cm³/mol. The third-order valence-corrected chi connectivity index (χ3v) is 5.54. The van der Waals surface area contributed by atoms with E-state index in [-0.39, 0.29) is 17.1 Å². The van der Waals surface area contributed by atoms with Gasteiger partial charge >= 0.3 is 0 Å². The summed E-state index contributed by atoms with van der Waals surface area (Å²) in [7, 11) is 0. The topological polar surface area (TPSA) is 104 Å². The highest BCUT2D eigenvalue weighted by Gasteiger charge is 2.17. The zero-order valence-corrected chi connectivity index (χ0v) is 19.0. The number of nitro groups is 1. The highest BCUT2D eigenvalue weighted by molar-refractivity contribution is 5.82. The van der Waals surface area contributed by atoms with Crippen molar-refractivity contribution in [1.82, 2.24) is 0 Å². The van der Waals surface area contributed by atoms with E-state index in [1.54, 1.807) is 6.07 Å². The van der Waals surface area contributed by atoms with Crippen LogP contribution in [0.1, 0.15) is 76.7 Å². The van der Waals surface area contributed by atoms with Crippen molar-refractivity contribution < 1.29 is 9.66 Å². The van der Waals surface area contributed by atoms with Crippen LogP contribution in [0.15, 0.2) is 30.3 Å². The maximum atomic E-state index is 11.3. The number of nitrogens with zero attached hydrogens (tertiary/aromatic N) is 1. The van der Waals surface area contributed by atoms with Crippen molar-refractivity contribution in [2.45, 2.75) is 78.1 Å². The Morgan fingerprint density at radius 3 is 2.03 bits per heavy atom. The van der Waals surface area contributed by atoms with Gasteiger partial charge in [0.25, 0.3) is 5.69 Å². The Morgan fingerprint density at radius 2 is 1.42 bits per heavy atom. The first kappa shape index (κ1) is 24.5. The standard InChI is InChI=1S/C25H37N3O3/c1-3-4-5-6-7-8-9-10-11-12-13-31-22-15-19(2)14-20(16-22)21-17-23(26)25(27)24(18-21)28(29)30/h14-18H,3-13,26-27H2,1-2H3. The fraction of sp³-hybridized carbons (Fsp3) is 0.520. The van der Waals surface area contributed by atoms with Crippen molar-refractivity contribution in [3.05, 3.63) is 46.0 Å². The molecule has 0 aliphatic carbocycles. The van der Waals surface area contributed by atoms with Gasteiger partial charge in [-0.25, -0.2) is 0 Å². The fourth-order valence-electron chi connectivity index (χ4n) is 3.76. The smallest absolute Gasteiger partial charge is 0.294 e. The summed E-state index contributed by atoms with van der Waals surface area (Å²) in [5.74, 6) is 0.768. The van der Waals surface area contributed by atoms with E-state index in [0.29, 0.717) is 12.2 Å². The molecule has 0 atom stereocenters. The molecule has 0 unspecified atom stereocenters. The quantitative estimate of drug-likeness (QED) is 0.146. The van der Waals surface area contributed by atoms with Gasteiger partial charge in [0, 0.05) is 6.07 Å². The summed E-state index contributed by atoms with van der Waals surface area (Å²) in [5.41, 5.74) is 14.2. The maximum Gasteiger partial charge on any atom is 0.294 e. The van der Waals surface area contributed by atoms with Gasteiger partial charge in [-0.15, -0.1) is 0 Å². The van der Waals surface area contributed by atoms with Gasteiger partial charge in [-0.2, -0.15) is 0 Å². The number of nitrogen functional groups attached to an aromatic ring is 2. The number of ether oxygens (including phenoxy) is 1. The molecule has 2 aromatic rings. The molecule has 0 heterocycles. The van der Waals surface area contributed by atoms with Crippen LogP contribution in [-0.4, -0.2) is 11.5 Å². The summed E-state index contributed by atoms with van der Waals surface area (Å²) in [6.07, 6.45) is 12.9. The second-order valence-corrected chi connectivity index (χ2v) is 8.32. The minimum atomic E-state index is -0.506. The fourth-order valence-corrected chi connectivity index (χ4v) is 3.76. The van der Waals surface area contributed by atoms with E-state index in [0.717, 1.165) is 23.3 Å². The van der Waals surface area contributed by atoms with Crippen LogP contribution in [0.25, 0.3) is 11.1 Å². The number of hydrogen-bond donors (Lipinski definition) is 2. The Bertz CT molecular complexity index is 852. The van der Waals surface area contributed by atoms with E-state index in [1.807, 2.05) is 25.1 Å². The average molecular weight is 428 g/mol. The molecule has 31 heavy (non-hydrogen) atoms. The second kappa shape index (κ2) is 12.8. The summed E-state index contributed by atoms with van der Waals surface area (Å²) in [4.78, 5) is 10.8. The van der Waals surface area contributed by atoms with Crippen LogP contribution in [0.3, 0.4) is 0 Å². The van der Waals surface area contributed by atoms with Gasteiger partial charge in [0.05, 0.1) is 17.2 Å². The number of unbranched alkanes of at least 4 members (excludes halogenated alkanes) is 9. The molecule has 0 radical (unpaired) electrons. The molecule has 0 fully saturated rings. The zero-order chi connectivity index (χ0) is 22.6. The summed E-state index contributed by atoms with van der Waals surface area (Å²) >= 11 is 0. The molecule has 0 bridgehead atoms. The Morgan fingerprint density at radius 1 is 0.839 bits per heavy atom. The van der Waals surface area contributed by atoms with Crippen LogP contribution in [0, 0.1) is 17.0 Å². The Balaban J connectivity index is 1.84. The average Bonchev–Trinajstić information content (AvgIpc) is 2.73. The van der Waals surface area contributed by atoms with Crippen LogP contribution < -0.4 is 16.2 Å². The summed E-state index contributed by atoms with van der Waals surface area (Å²) in [6.45, 7) is 4.90. The van der Waals surface area contributed by atoms with Crippen LogP contribution in [-0.2, 0) is 0 Å². The molecule has 0 saturated carbocycles. The molecule has 0 saturated heterocycles. The highest BCUT2D eigenvalue weighted by atomic mass is 16.6. The van der Waals surface area contributed by atoms with E-state index < -0.39 is 4.92 Å². The molecular formula is C25H37N3O3. The number of nitrogens with two attached hydrogens (primary N) is 2. The lowest BCUT2D eigenvalue weighted by molar-refractivity contribution is -0.383. The lowest BCUT2D eigenvalue weighted by atomic mass is 10.0. The molecule has 0 aromatic heterocycles. The van der Waals surface area contributed by atoms with Gasteiger partial charge in [0.1, 0.15) is 11.4 Å². The third-order valence-electron chi connectivity index (χ3n) is 5.54. The molecule has 6 heteroatoms. The Labute approximate surface area is 186 Å². The van der Waals surface area contributed by atoms with E-state index >= 15 is 0 Å². The summed E-state index contributed by atoms with van der Waals surface area (Å²) in [6, 6.07) is 8.98. The maximum absolute atomic E-state index is 11.3. The first-order valence-corrected chi connectivity index (χ1v) is 11.5. The normalized spacial score (nSPS) is 10.9. The summed E-state index contributed by atoms with van der Waals surface area (Å²) in [5, 5.41) is 11.3. The monoisotopic (exact) mass is 427 g/mol. The number of rotatable bonds is 14. The second-order valence-electron chi connectivity index (χ2n) is 8.32. The van der Waals surface area contributed by atoms with E-state index in [9.17, 15) is 10.1 Å². The van der Waals surface area contributed by atoms with Crippen molar-refractivity contribution in [1.29, 1.82) is 0 Å². The number of anilines is 2. The lowest BCUT2D eigenvalue weighted by Crippen LogP contribution is -2.01. The third kappa shape index (κ3) is 8.12. The number of nitro benzene ring substituents is 1. The first-order valence-electron chi connectivity index (χ1n) is 11.5. The van der Waals surface area contributed by atoms with Crippen LogP contribution in [0.4, 0.5) is 17.1 Å². The van der Waals surface area contributed by atoms with Gasteiger partial charge in [-0.1, -0.05) is 70.8 Å². The van der Waals surface area contributed by atoms with Gasteiger partial charge in [-0.3, -0.25) is 10.1 Å². The SMILES string of the molecule is CCCCCCCCCCCCOc1cc(C)cc(-c2cc(N)c(N)c([N+](=O)[O-])c2)c1. The zero-order valence-electron chi connectivity index (χ0n) is 19.0. The first-order chi connectivity index (χ1) is 14.9. The van der Waals surface area contributed by atoms with Crippen molar-refractivity contribution in [2.75, 3.05) is 18.1 Å². The van der Waals surface area contributed by atoms with Crippen molar-refractivity contribution in [2.24, 2.45) is 0 Å². The van der Waals surface area contributed by atoms with Crippen molar-refractivity contribution >= 4 is 17.1 Å². The predicted octanol–water partition coefficient (Wildman–Crippen LogP) is 7.03. The minimum Gasteiger partial charge on any atom is -0.494 e.